The number of nitriles is 1. The molecule has 0 bridgehead atoms. The van der Waals surface area contributed by atoms with Crippen LogP contribution in [0.1, 0.15) is 18.1 Å². The number of halogens is 1. The van der Waals surface area contributed by atoms with Gasteiger partial charge in [-0.3, -0.25) is 0 Å². The number of carboxylic acid groups (broad SMARTS) is 1. The van der Waals surface area contributed by atoms with E-state index in [1.807, 2.05) is 35.2 Å². The fourth-order valence-electron chi connectivity index (χ4n) is 2.38. The molecule has 0 amide bonds. The van der Waals surface area contributed by atoms with E-state index >= 15 is 0 Å². The molecule has 0 radical (unpaired) electrons. The Hall–Kier alpha value is -2.32. The predicted octanol–water partition coefficient (Wildman–Crippen LogP) is 3.84. The van der Waals surface area contributed by atoms with Gasteiger partial charge in [0.2, 0.25) is 0 Å². The second-order valence-electron chi connectivity index (χ2n) is 5.21. The molecule has 2 aromatic rings. The number of anilines is 1. The summed E-state index contributed by atoms with van der Waals surface area (Å²) in [6.45, 7) is 2.20. The summed E-state index contributed by atoms with van der Waals surface area (Å²) in [6.07, 6.45) is 0.704. The molecule has 0 saturated heterocycles. The molecule has 118 valence electrons. The summed E-state index contributed by atoms with van der Waals surface area (Å²) in [4.78, 5) is 13.2. The van der Waals surface area contributed by atoms with Crippen molar-refractivity contribution in [3.05, 3.63) is 64.1 Å². The first-order valence-electron chi connectivity index (χ1n) is 7.26. The van der Waals surface area contributed by atoms with Gasteiger partial charge in [0.15, 0.2) is 0 Å². The predicted molar refractivity (Wildman–Crippen MR) is 93.4 cm³/mol. The van der Waals surface area contributed by atoms with E-state index in [2.05, 4.69) is 22.0 Å². The number of carbonyl (C=O) groups is 1. The molecule has 0 spiro atoms. The Morgan fingerprint density at radius 2 is 2.04 bits per heavy atom. The minimum absolute atomic E-state index is 0.519. The largest absolute Gasteiger partial charge is 0.480 e. The molecule has 0 saturated carbocycles. The summed E-state index contributed by atoms with van der Waals surface area (Å²) in [5.41, 5.74) is 2.38. The van der Waals surface area contributed by atoms with E-state index in [4.69, 9.17) is 5.26 Å². The maximum atomic E-state index is 11.4. The summed E-state index contributed by atoms with van der Waals surface area (Å²) < 4.78 is 1.01. The van der Waals surface area contributed by atoms with E-state index in [9.17, 15) is 9.90 Å². The van der Waals surface area contributed by atoms with Gasteiger partial charge in [-0.05, 0) is 43.2 Å². The van der Waals surface area contributed by atoms with Crippen molar-refractivity contribution in [3.8, 4) is 6.07 Å². The van der Waals surface area contributed by atoms with Crippen molar-refractivity contribution in [3.63, 3.8) is 0 Å². The third kappa shape index (κ3) is 4.33. The first-order valence-corrected chi connectivity index (χ1v) is 8.05. The van der Waals surface area contributed by atoms with Gasteiger partial charge in [-0.1, -0.05) is 40.2 Å². The first kappa shape index (κ1) is 17.0. The van der Waals surface area contributed by atoms with Crippen molar-refractivity contribution >= 4 is 27.6 Å². The highest BCUT2D eigenvalue weighted by Crippen LogP contribution is 2.22. The molecule has 2 rings (SSSR count). The number of hydrogen-bond acceptors (Lipinski definition) is 3. The fraction of sp³-hybridized carbons (Fsp3) is 0.222. The van der Waals surface area contributed by atoms with Gasteiger partial charge in [0.25, 0.3) is 0 Å². The number of nitrogens with zero attached hydrogens (tertiary/aromatic N) is 2. The molecule has 0 aliphatic carbocycles. The lowest BCUT2D eigenvalue weighted by Crippen LogP contribution is -2.40. The Balaban J connectivity index is 2.26. The van der Waals surface area contributed by atoms with E-state index in [-0.39, 0.29) is 0 Å². The van der Waals surface area contributed by atoms with Crippen LogP contribution in [-0.2, 0) is 11.2 Å². The fourth-order valence-corrected chi connectivity index (χ4v) is 2.86. The van der Waals surface area contributed by atoms with Gasteiger partial charge in [-0.25, -0.2) is 4.79 Å². The standard InChI is InChI=1S/C18H17BrN2O2/c1-13(18(22)23)21(16-7-4-5-14(11-16)12-20)10-9-15-6-2-3-8-17(15)19/h2-8,11,13H,9-10H2,1H3,(H,22,23). The summed E-state index contributed by atoms with van der Waals surface area (Å²) >= 11 is 3.51. The zero-order chi connectivity index (χ0) is 16.8. The van der Waals surface area contributed by atoms with Gasteiger partial charge in [0.1, 0.15) is 6.04 Å². The lowest BCUT2D eigenvalue weighted by atomic mass is 10.1. The van der Waals surface area contributed by atoms with Gasteiger partial charge >= 0.3 is 5.97 Å². The molecule has 1 N–H and O–H groups in total. The second-order valence-corrected chi connectivity index (χ2v) is 6.07. The van der Waals surface area contributed by atoms with Crippen LogP contribution in [0.2, 0.25) is 0 Å². The van der Waals surface area contributed by atoms with Crippen LogP contribution in [0.5, 0.6) is 0 Å². The molecule has 0 aromatic heterocycles. The van der Waals surface area contributed by atoms with Crippen LogP contribution in [-0.4, -0.2) is 23.7 Å². The van der Waals surface area contributed by atoms with Crippen LogP contribution in [0.15, 0.2) is 53.0 Å². The molecule has 0 aliphatic heterocycles. The zero-order valence-corrected chi connectivity index (χ0v) is 14.3. The Labute approximate surface area is 144 Å². The molecule has 1 unspecified atom stereocenters. The molecule has 2 aromatic carbocycles. The topological polar surface area (TPSA) is 64.3 Å². The minimum atomic E-state index is -0.889. The Bertz CT molecular complexity index is 740. The molecule has 4 nitrogen and oxygen atoms in total. The highest BCUT2D eigenvalue weighted by atomic mass is 79.9. The third-order valence-corrected chi connectivity index (χ3v) is 4.49. The number of carboxylic acids is 1. The number of aliphatic carboxylic acids is 1. The van der Waals surface area contributed by atoms with E-state index in [1.165, 1.54) is 0 Å². The van der Waals surface area contributed by atoms with Crippen molar-refractivity contribution in [1.29, 1.82) is 5.26 Å². The van der Waals surface area contributed by atoms with Gasteiger partial charge in [-0.15, -0.1) is 0 Å². The quantitative estimate of drug-likeness (QED) is 0.836. The number of rotatable bonds is 6. The SMILES string of the molecule is CC(C(=O)O)N(CCc1ccccc1Br)c1cccc(C#N)c1. The maximum Gasteiger partial charge on any atom is 0.326 e. The number of hydrogen-bond donors (Lipinski definition) is 1. The highest BCUT2D eigenvalue weighted by molar-refractivity contribution is 9.10. The third-order valence-electron chi connectivity index (χ3n) is 3.71. The Morgan fingerprint density at radius 3 is 2.70 bits per heavy atom. The highest BCUT2D eigenvalue weighted by Gasteiger charge is 2.21. The van der Waals surface area contributed by atoms with Gasteiger partial charge in [-0.2, -0.15) is 5.26 Å². The van der Waals surface area contributed by atoms with Crippen LogP contribution < -0.4 is 4.90 Å². The van der Waals surface area contributed by atoms with Crippen molar-refractivity contribution < 1.29 is 9.90 Å². The van der Waals surface area contributed by atoms with E-state index < -0.39 is 12.0 Å². The smallest absolute Gasteiger partial charge is 0.326 e. The molecule has 23 heavy (non-hydrogen) atoms. The van der Waals surface area contributed by atoms with Crippen molar-refractivity contribution in [1.82, 2.24) is 0 Å². The summed E-state index contributed by atoms with van der Waals surface area (Å²) in [5.74, 6) is -0.889. The van der Waals surface area contributed by atoms with Crippen LogP contribution in [0.25, 0.3) is 0 Å². The van der Waals surface area contributed by atoms with Crippen LogP contribution in [0, 0.1) is 11.3 Å². The molecule has 1 atom stereocenters. The molecule has 0 heterocycles. The van der Waals surface area contributed by atoms with Crippen LogP contribution in [0.3, 0.4) is 0 Å². The average Bonchev–Trinajstić information content (AvgIpc) is 2.56. The van der Waals surface area contributed by atoms with Crippen LogP contribution >= 0.6 is 15.9 Å². The second kappa shape index (κ2) is 7.80. The summed E-state index contributed by atoms with van der Waals surface area (Å²) in [6, 6.07) is 16.3. The van der Waals surface area contributed by atoms with Crippen molar-refractivity contribution in [2.75, 3.05) is 11.4 Å². The van der Waals surface area contributed by atoms with E-state index in [1.54, 1.807) is 25.1 Å². The van der Waals surface area contributed by atoms with E-state index in [0.29, 0.717) is 18.5 Å². The van der Waals surface area contributed by atoms with Crippen molar-refractivity contribution in [2.45, 2.75) is 19.4 Å². The molecular weight excluding hydrogens is 356 g/mol. The molecule has 0 fully saturated rings. The average molecular weight is 373 g/mol. The molecular formula is C18H17BrN2O2. The first-order chi connectivity index (χ1) is 11.0. The monoisotopic (exact) mass is 372 g/mol. The van der Waals surface area contributed by atoms with Crippen molar-refractivity contribution in [2.24, 2.45) is 0 Å². The lowest BCUT2D eigenvalue weighted by Gasteiger charge is -2.29. The zero-order valence-electron chi connectivity index (χ0n) is 12.7. The van der Waals surface area contributed by atoms with E-state index in [0.717, 1.165) is 15.7 Å². The van der Waals surface area contributed by atoms with Gasteiger partial charge < -0.3 is 10.0 Å². The van der Waals surface area contributed by atoms with Crippen LogP contribution in [0.4, 0.5) is 5.69 Å². The maximum absolute atomic E-state index is 11.4. The summed E-state index contributed by atoms with van der Waals surface area (Å²) in [5, 5.41) is 18.4. The lowest BCUT2D eigenvalue weighted by molar-refractivity contribution is -0.138. The number of benzene rings is 2. The molecule has 0 aliphatic rings. The van der Waals surface area contributed by atoms with Gasteiger partial charge in [0.05, 0.1) is 11.6 Å². The summed E-state index contributed by atoms with van der Waals surface area (Å²) in [7, 11) is 0. The minimum Gasteiger partial charge on any atom is -0.480 e. The normalized spacial score (nSPS) is 11.5. The Morgan fingerprint density at radius 1 is 1.30 bits per heavy atom. The Kier molecular flexibility index (Phi) is 5.78. The van der Waals surface area contributed by atoms with Gasteiger partial charge in [0, 0.05) is 16.7 Å². The molecule has 5 heteroatoms.